The van der Waals surface area contributed by atoms with Gasteiger partial charge in [0.25, 0.3) is 0 Å². The molecule has 3 aliphatic rings. The summed E-state index contributed by atoms with van der Waals surface area (Å²) in [4.78, 5) is 26.0. The number of nitrogens with zero attached hydrogens (tertiary/aromatic N) is 7. The Morgan fingerprint density at radius 3 is 3.05 bits per heavy atom. The Labute approximate surface area is 225 Å². The van der Waals surface area contributed by atoms with Gasteiger partial charge in [-0.25, -0.2) is 18.7 Å². The van der Waals surface area contributed by atoms with Gasteiger partial charge in [-0.15, -0.1) is 0 Å². The zero-order valence-electron chi connectivity index (χ0n) is 21.0. The highest BCUT2D eigenvalue weighted by molar-refractivity contribution is 7.38. The molecule has 3 aromatic rings. The first-order valence-electron chi connectivity index (χ1n) is 12.6. The molecule has 6 rings (SSSR count). The van der Waals surface area contributed by atoms with Gasteiger partial charge >= 0.3 is 6.01 Å². The Hall–Kier alpha value is -2.69. The maximum Gasteiger partial charge on any atom is 0.319 e. The quantitative estimate of drug-likeness (QED) is 0.332. The minimum Gasteiger partial charge on any atom is -0.475 e. The number of anilines is 2. The Morgan fingerprint density at radius 1 is 1.34 bits per heavy atom. The lowest BCUT2D eigenvalue weighted by Crippen LogP contribution is -2.43. The number of hydrogen-bond donors (Lipinski definition) is 1. The normalized spacial score (nSPS) is 24.0. The van der Waals surface area contributed by atoms with Crippen LogP contribution >= 0.6 is 20.3 Å². The molecule has 38 heavy (non-hydrogen) atoms. The number of halogens is 3. The summed E-state index contributed by atoms with van der Waals surface area (Å²) >= 11 is 6.12. The molecule has 0 aromatic carbocycles. The smallest absolute Gasteiger partial charge is 0.319 e. The van der Waals surface area contributed by atoms with Gasteiger partial charge in [-0.3, -0.25) is 4.90 Å². The van der Waals surface area contributed by atoms with Gasteiger partial charge in [0.2, 0.25) is 5.88 Å². The van der Waals surface area contributed by atoms with Crippen molar-refractivity contribution in [2.24, 2.45) is 0 Å². The van der Waals surface area contributed by atoms with Gasteiger partial charge in [0.15, 0.2) is 11.0 Å². The maximum atomic E-state index is 15.4. The molecule has 0 radical (unpaired) electrons. The molecule has 10 nitrogen and oxygen atoms in total. The Kier molecular flexibility index (Phi) is 6.82. The van der Waals surface area contributed by atoms with Gasteiger partial charge in [-0.1, -0.05) is 11.6 Å². The lowest BCUT2D eigenvalue weighted by Gasteiger charge is -2.32. The van der Waals surface area contributed by atoms with Crippen molar-refractivity contribution in [1.29, 1.82) is 0 Å². The molecule has 3 aliphatic heterocycles. The number of aromatic nitrogens is 5. The van der Waals surface area contributed by atoms with E-state index in [1.54, 1.807) is 6.20 Å². The second kappa shape index (κ2) is 10.1. The molecule has 2 fully saturated rings. The van der Waals surface area contributed by atoms with Gasteiger partial charge in [-0.05, 0) is 41.7 Å². The fraction of sp³-hybridized carbons (Fsp3) is 0.542. The Balaban J connectivity index is 1.43. The maximum absolute atomic E-state index is 15.4. The molecular formula is C24H28ClF2N8O2P. The molecule has 1 unspecified atom stereocenters. The van der Waals surface area contributed by atoms with Gasteiger partial charge in [0.05, 0.1) is 18.1 Å². The first-order valence-corrected chi connectivity index (χ1v) is 14.5. The van der Waals surface area contributed by atoms with E-state index >= 15 is 4.39 Å². The Bertz CT molecular complexity index is 1370. The summed E-state index contributed by atoms with van der Waals surface area (Å²) in [6.07, 6.45) is 4.58. The predicted molar refractivity (Wildman–Crippen MR) is 142 cm³/mol. The number of fused-ring (bicyclic) bond motifs is 1. The van der Waals surface area contributed by atoms with Crippen molar-refractivity contribution in [3.8, 4) is 11.9 Å². The van der Waals surface area contributed by atoms with Crippen LogP contribution in [0.3, 0.4) is 0 Å². The summed E-state index contributed by atoms with van der Waals surface area (Å²) in [5.41, 5.74) is 0.416. The molecular weight excluding hydrogens is 537 g/mol. The molecule has 6 heterocycles. The van der Waals surface area contributed by atoms with E-state index in [-0.39, 0.29) is 41.8 Å². The molecule has 0 bridgehead atoms. The van der Waals surface area contributed by atoms with Gasteiger partial charge in [0.1, 0.15) is 48.3 Å². The van der Waals surface area contributed by atoms with Crippen LogP contribution < -0.4 is 19.5 Å². The molecule has 0 saturated carbocycles. The van der Waals surface area contributed by atoms with E-state index in [9.17, 15) is 4.39 Å². The Morgan fingerprint density at radius 2 is 2.21 bits per heavy atom. The third-order valence-corrected chi connectivity index (χ3v) is 8.38. The number of rotatable bonds is 7. The topological polar surface area (TPSA) is 101 Å². The minimum atomic E-state index is -0.890. The van der Waals surface area contributed by atoms with E-state index in [1.807, 2.05) is 18.5 Å². The molecule has 14 heteroatoms. The highest BCUT2D eigenvalue weighted by Gasteiger charge is 2.49. The first-order chi connectivity index (χ1) is 18.4. The van der Waals surface area contributed by atoms with Crippen molar-refractivity contribution in [3.05, 3.63) is 29.1 Å². The van der Waals surface area contributed by atoms with Crippen molar-refractivity contribution < 1.29 is 18.3 Å². The van der Waals surface area contributed by atoms with Crippen LogP contribution in [0.2, 0.25) is 5.15 Å². The summed E-state index contributed by atoms with van der Waals surface area (Å²) in [6.45, 7) is 6.16. The van der Waals surface area contributed by atoms with E-state index < -0.39 is 17.5 Å². The van der Waals surface area contributed by atoms with Crippen molar-refractivity contribution in [3.63, 3.8) is 0 Å². The van der Waals surface area contributed by atoms with Crippen LogP contribution in [0.25, 0.3) is 10.9 Å². The van der Waals surface area contributed by atoms with E-state index in [2.05, 4.69) is 29.9 Å². The lowest BCUT2D eigenvalue weighted by molar-refractivity contribution is 0.107. The van der Waals surface area contributed by atoms with Gasteiger partial charge in [0, 0.05) is 24.7 Å². The number of alkyl halides is 1. The fourth-order valence-electron chi connectivity index (χ4n) is 5.86. The second-order valence-corrected chi connectivity index (χ2v) is 11.0. The molecule has 0 spiro atoms. The van der Waals surface area contributed by atoms with E-state index in [4.69, 9.17) is 26.1 Å². The third kappa shape index (κ3) is 4.36. The zero-order valence-corrected chi connectivity index (χ0v) is 22.8. The molecule has 0 aliphatic carbocycles. The van der Waals surface area contributed by atoms with E-state index in [1.165, 1.54) is 6.33 Å². The highest BCUT2D eigenvalue weighted by atomic mass is 35.5. The van der Waals surface area contributed by atoms with Crippen LogP contribution in [0.5, 0.6) is 11.9 Å². The predicted octanol–water partition coefficient (Wildman–Crippen LogP) is 4.16. The highest BCUT2D eigenvalue weighted by Crippen LogP contribution is 2.43. The summed E-state index contributed by atoms with van der Waals surface area (Å²) in [5.74, 6) is 0.512. The number of nitrogens with one attached hydrogen (secondary N) is 1. The number of pyridine rings is 1. The van der Waals surface area contributed by atoms with Crippen LogP contribution in [0.15, 0.2) is 12.5 Å². The third-order valence-electron chi connectivity index (χ3n) is 7.65. The van der Waals surface area contributed by atoms with E-state index in [0.717, 1.165) is 24.9 Å². The molecule has 0 amide bonds. The zero-order chi connectivity index (χ0) is 26.4. The average Bonchev–Trinajstić information content (AvgIpc) is 3.37. The van der Waals surface area contributed by atoms with Gasteiger partial charge in [-0.2, -0.15) is 15.0 Å². The molecule has 1 N–H and O–H groups in total. The van der Waals surface area contributed by atoms with Crippen LogP contribution in [0.4, 0.5) is 20.4 Å². The SMILES string of the molecule is CPNc1ncncc1[C@@H](C)N1CCOc2nc(Cl)c(F)c3nc(OC[C@@]45CCCN4C[C@H](F)C5)nc1c23. The summed E-state index contributed by atoms with van der Waals surface area (Å²) in [7, 11) is 0.441. The fourth-order valence-corrected chi connectivity index (χ4v) is 6.47. The van der Waals surface area contributed by atoms with Gasteiger partial charge < -0.3 is 19.5 Å². The monoisotopic (exact) mass is 564 g/mol. The minimum absolute atomic E-state index is 0.0000466. The molecule has 4 atom stereocenters. The van der Waals surface area contributed by atoms with Crippen molar-refractivity contribution >= 4 is 42.9 Å². The molecule has 2 saturated heterocycles. The van der Waals surface area contributed by atoms with Crippen molar-refractivity contribution in [2.75, 3.05) is 49.5 Å². The molecule has 3 aromatic heterocycles. The van der Waals surface area contributed by atoms with Crippen molar-refractivity contribution in [1.82, 2.24) is 29.8 Å². The first kappa shape index (κ1) is 25.6. The summed E-state index contributed by atoms with van der Waals surface area (Å²) in [6, 6.07) is -0.264. The summed E-state index contributed by atoms with van der Waals surface area (Å²) < 4.78 is 41.6. The number of hydrogen-bond acceptors (Lipinski definition) is 10. The largest absolute Gasteiger partial charge is 0.475 e. The summed E-state index contributed by atoms with van der Waals surface area (Å²) in [5, 5.41) is 3.27. The lowest BCUT2D eigenvalue weighted by atomic mass is 9.95. The van der Waals surface area contributed by atoms with Crippen molar-refractivity contribution in [2.45, 2.75) is 43.9 Å². The van der Waals surface area contributed by atoms with Crippen LogP contribution in [-0.2, 0) is 0 Å². The standard InChI is InChI=1S/C24H28ClF2N8O2P/c1-13(15-9-28-12-29-20(15)33-38-2)35-6-7-36-22-16-18(17(27)19(25)31-22)30-23(32-21(16)35)37-11-24-4-3-5-34(24)10-14(26)8-24/h9,12-14,38H,3-8,10-11H2,1-2H3,(H,28,29,33)/t13-,14-,24+/m1/s1. The average molecular weight is 565 g/mol. The molecule has 202 valence electrons. The van der Waals surface area contributed by atoms with Crippen LogP contribution in [0, 0.1) is 5.82 Å². The van der Waals surface area contributed by atoms with Crippen LogP contribution in [-0.4, -0.2) is 81.0 Å². The van der Waals surface area contributed by atoms with Crippen LogP contribution in [0.1, 0.15) is 37.8 Å². The second-order valence-electron chi connectivity index (χ2n) is 9.86. The van der Waals surface area contributed by atoms with E-state index in [0.29, 0.717) is 45.3 Å². The number of ether oxygens (including phenoxy) is 2.